The molecule has 0 bridgehead atoms. The summed E-state index contributed by atoms with van der Waals surface area (Å²) < 4.78 is 0. The lowest BCUT2D eigenvalue weighted by atomic mass is 10.1. The third kappa shape index (κ3) is 1.82. The third-order valence-electron chi connectivity index (χ3n) is 2.29. The van der Waals surface area contributed by atoms with Gasteiger partial charge in [0.1, 0.15) is 5.75 Å². The Morgan fingerprint density at radius 3 is 2.62 bits per heavy atom. The van der Waals surface area contributed by atoms with Crippen molar-refractivity contribution in [2.75, 3.05) is 0 Å². The summed E-state index contributed by atoms with van der Waals surface area (Å²) in [4.78, 5) is 14.4. The Morgan fingerprint density at radius 1 is 1.31 bits per heavy atom. The number of halogens is 1. The van der Waals surface area contributed by atoms with Crippen molar-refractivity contribution in [2.45, 2.75) is 6.92 Å². The second-order valence-electron chi connectivity index (χ2n) is 3.52. The van der Waals surface area contributed by atoms with Crippen LogP contribution in [0.5, 0.6) is 5.75 Å². The molecule has 0 aliphatic rings. The Labute approximate surface area is 97.3 Å². The van der Waals surface area contributed by atoms with Crippen LogP contribution in [0.25, 0.3) is 11.1 Å². The average Bonchev–Trinajstić information content (AvgIpc) is 2.19. The minimum atomic E-state index is -0.342. The molecule has 0 unspecified atom stereocenters. The van der Waals surface area contributed by atoms with Gasteiger partial charge in [-0.1, -0.05) is 29.8 Å². The van der Waals surface area contributed by atoms with Crippen molar-refractivity contribution in [1.82, 2.24) is 4.98 Å². The molecule has 2 rings (SSSR count). The minimum absolute atomic E-state index is 0.0608. The van der Waals surface area contributed by atoms with Crippen LogP contribution in [0.2, 0.25) is 5.02 Å². The topological polar surface area (TPSA) is 53.1 Å². The summed E-state index contributed by atoms with van der Waals surface area (Å²) in [5.74, 6) is -0.0608. The first kappa shape index (κ1) is 10.8. The number of aromatic nitrogens is 1. The molecular weight excluding hydrogens is 226 g/mol. The van der Waals surface area contributed by atoms with Crippen molar-refractivity contribution in [3.05, 3.63) is 51.4 Å². The number of aromatic amines is 1. The van der Waals surface area contributed by atoms with Crippen LogP contribution in [-0.4, -0.2) is 10.1 Å². The van der Waals surface area contributed by atoms with E-state index in [4.69, 9.17) is 11.6 Å². The summed E-state index contributed by atoms with van der Waals surface area (Å²) in [6, 6.07) is 8.41. The molecular formula is C12H10ClNO2. The van der Waals surface area contributed by atoms with Crippen molar-refractivity contribution >= 4 is 11.6 Å². The average molecular weight is 236 g/mol. The molecule has 0 spiro atoms. The van der Waals surface area contributed by atoms with Crippen LogP contribution < -0.4 is 5.56 Å². The molecule has 82 valence electrons. The van der Waals surface area contributed by atoms with E-state index in [-0.39, 0.29) is 16.9 Å². The van der Waals surface area contributed by atoms with Crippen LogP contribution in [-0.2, 0) is 0 Å². The monoisotopic (exact) mass is 235 g/mol. The van der Waals surface area contributed by atoms with Crippen LogP contribution in [0.4, 0.5) is 0 Å². The normalized spacial score (nSPS) is 10.4. The molecule has 0 amide bonds. The molecule has 1 heterocycles. The van der Waals surface area contributed by atoms with Gasteiger partial charge in [0.2, 0.25) is 0 Å². The number of rotatable bonds is 1. The maximum atomic E-state index is 11.7. The van der Waals surface area contributed by atoms with E-state index in [9.17, 15) is 9.90 Å². The SMILES string of the molecule is Cc1cc(O)c(-c2ccccc2Cl)c(=O)[nH]1. The van der Waals surface area contributed by atoms with Crippen molar-refractivity contribution in [2.24, 2.45) is 0 Å². The number of aromatic hydroxyl groups is 1. The molecule has 0 radical (unpaired) electrons. The van der Waals surface area contributed by atoms with Crippen molar-refractivity contribution in [3.8, 4) is 16.9 Å². The van der Waals surface area contributed by atoms with Crippen LogP contribution in [0.1, 0.15) is 5.69 Å². The number of pyridine rings is 1. The molecule has 4 heteroatoms. The van der Waals surface area contributed by atoms with Crippen molar-refractivity contribution in [1.29, 1.82) is 0 Å². The Morgan fingerprint density at radius 2 is 2.00 bits per heavy atom. The van der Waals surface area contributed by atoms with E-state index in [1.165, 1.54) is 6.07 Å². The molecule has 3 nitrogen and oxygen atoms in total. The fraction of sp³-hybridized carbons (Fsp3) is 0.0833. The summed E-state index contributed by atoms with van der Waals surface area (Å²) >= 11 is 5.98. The highest BCUT2D eigenvalue weighted by Gasteiger charge is 2.12. The van der Waals surface area contributed by atoms with Gasteiger partial charge >= 0.3 is 0 Å². The van der Waals surface area contributed by atoms with Crippen LogP contribution >= 0.6 is 11.6 Å². The van der Waals surface area contributed by atoms with E-state index in [1.807, 2.05) is 0 Å². The lowest BCUT2D eigenvalue weighted by Gasteiger charge is -2.06. The molecule has 0 saturated heterocycles. The van der Waals surface area contributed by atoms with Gasteiger partial charge < -0.3 is 10.1 Å². The zero-order valence-electron chi connectivity index (χ0n) is 8.62. The maximum Gasteiger partial charge on any atom is 0.259 e. The fourth-order valence-electron chi connectivity index (χ4n) is 1.60. The van der Waals surface area contributed by atoms with Gasteiger partial charge in [0.25, 0.3) is 5.56 Å². The van der Waals surface area contributed by atoms with Gasteiger partial charge in [0, 0.05) is 16.3 Å². The molecule has 2 N–H and O–H groups in total. The second kappa shape index (κ2) is 4.02. The summed E-state index contributed by atoms with van der Waals surface area (Å²) in [5, 5.41) is 10.2. The van der Waals surface area contributed by atoms with Crippen LogP contribution in [0.15, 0.2) is 35.1 Å². The molecule has 16 heavy (non-hydrogen) atoms. The minimum Gasteiger partial charge on any atom is -0.507 e. The summed E-state index contributed by atoms with van der Waals surface area (Å²) in [7, 11) is 0. The quantitative estimate of drug-likeness (QED) is 0.799. The second-order valence-corrected chi connectivity index (χ2v) is 3.93. The van der Waals surface area contributed by atoms with E-state index in [0.717, 1.165) is 0 Å². The fourth-order valence-corrected chi connectivity index (χ4v) is 1.83. The zero-order chi connectivity index (χ0) is 11.7. The van der Waals surface area contributed by atoms with E-state index in [0.29, 0.717) is 16.3 Å². The predicted molar refractivity (Wildman–Crippen MR) is 63.9 cm³/mol. The summed E-state index contributed by atoms with van der Waals surface area (Å²) in [5.41, 5.74) is 1.00. The molecule has 2 aromatic rings. The first-order chi connectivity index (χ1) is 7.59. The molecule has 0 aliphatic carbocycles. The summed E-state index contributed by atoms with van der Waals surface area (Å²) in [6.45, 7) is 1.71. The molecule has 0 aliphatic heterocycles. The maximum absolute atomic E-state index is 11.7. The number of H-pyrrole nitrogens is 1. The Bertz CT molecular complexity index is 590. The Kier molecular flexibility index (Phi) is 2.71. The van der Waals surface area contributed by atoms with Crippen molar-refractivity contribution < 1.29 is 5.11 Å². The van der Waals surface area contributed by atoms with E-state index >= 15 is 0 Å². The number of benzene rings is 1. The smallest absolute Gasteiger partial charge is 0.259 e. The van der Waals surface area contributed by atoms with Gasteiger partial charge in [-0.05, 0) is 19.1 Å². The van der Waals surface area contributed by atoms with Gasteiger partial charge in [0.15, 0.2) is 0 Å². The lowest BCUT2D eigenvalue weighted by Crippen LogP contribution is -2.10. The molecule has 0 atom stereocenters. The highest BCUT2D eigenvalue weighted by molar-refractivity contribution is 6.33. The van der Waals surface area contributed by atoms with Crippen LogP contribution in [0.3, 0.4) is 0 Å². The standard InChI is InChI=1S/C12H10ClNO2/c1-7-6-10(15)11(12(16)14-7)8-4-2-3-5-9(8)13/h2-6H,1H3,(H2,14,15,16). The Balaban J connectivity index is 2.75. The first-order valence-corrected chi connectivity index (χ1v) is 5.15. The highest BCUT2D eigenvalue weighted by atomic mass is 35.5. The third-order valence-corrected chi connectivity index (χ3v) is 2.62. The summed E-state index contributed by atoms with van der Waals surface area (Å²) in [6.07, 6.45) is 0. The highest BCUT2D eigenvalue weighted by Crippen LogP contribution is 2.30. The van der Waals surface area contributed by atoms with Gasteiger partial charge in [-0.2, -0.15) is 0 Å². The number of hydrogen-bond donors (Lipinski definition) is 2. The lowest BCUT2D eigenvalue weighted by molar-refractivity contribution is 0.475. The van der Waals surface area contributed by atoms with Gasteiger partial charge in [-0.3, -0.25) is 4.79 Å². The molecule has 0 fully saturated rings. The van der Waals surface area contributed by atoms with E-state index in [1.54, 1.807) is 31.2 Å². The van der Waals surface area contributed by atoms with Crippen LogP contribution in [0, 0.1) is 6.92 Å². The number of hydrogen-bond acceptors (Lipinski definition) is 2. The van der Waals surface area contributed by atoms with E-state index in [2.05, 4.69) is 4.98 Å². The van der Waals surface area contributed by atoms with Gasteiger partial charge in [0.05, 0.1) is 5.56 Å². The largest absolute Gasteiger partial charge is 0.507 e. The number of nitrogens with one attached hydrogen (secondary N) is 1. The van der Waals surface area contributed by atoms with Crippen molar-refractivity contribution in [3.63, 3.8) is 0 Å². The first-order valence-electron chi connectivity index (χ1n) is 4.77. The van der Waals surface area contributed by atoms with Gasteiger partial charge in [-0.25, -0.2) is 0 Å². The molecule has 0 saturated carbocycles. The zero-order valence-corrected chi connectivity index (χ0v) is 9.38. The predicted octanol–water partition coefficient (Wildman–Crippen LogP) is 2.71. The Hall–Kier alpha value is -1.74. The van der Waals surface area contributed by atoms with E-state index < -0.39 is 0 Å². The molecule has 1 aromatic carbocycles. The molecule has 1 aromatic heterocycles. The number of aryl methyl sites for hydroxylation is 1. The van der Waals surface area contributed by atoms with Gasteiger partial charge in [-0.15, -0.1) is 0 Å².